The number of halogens is 2. The van der Waals surface area contributed by atoms with Crippen molar-refractivity contribution in [3.63, 3.8) is 0 Å². The number of nitrogens with zero attached hydrogens (tertiary/aromatic N) is 1. The van der Waals surface area contributed by atoms with Gasteiger partial charge in [-0.2, -0.15) is 0 Å². The van der Waals surface area contributed by atoms with Gasteiger partial charge >= 0.3 is 0 Å². The van der Waals surface area contributed by atoms with Gasteiger partial charge in [0.25, 0.3) is 0 Å². The van der Waals surface area contributed by atoms with Crippen LogP contribution in [0.2, 0.25) is 10.0 Å². The van der Waals surface area contributed by atoms with Gasteiger partial charge in [0.15, 0.2) is 5.75 Å². The van der Waals surface area contributed by atoms with Crippen molar-refractivity contribution in [3.05, 3.63) is 27.7 Å². The lowest BCUT2D eigenvalue weighted by Gasteiger charge is -2.27. The molecule has 0 aromatic heterocycles. The fraction of sp³-hybridized carbons (Fsp3) is 0.571. The Balaban J connectivity index is 1.76. The highest BCUT2D eigenvalue weighted by molar-refractivity contribution is 6.37. The molecule has 1 aromatic carbocycles. The Morgan fingerprint density at radius 3 is 2.50 bits per heavy atom. The van der Waals surface area contributed by atoms with Gasteiger partial charge in [-0.3, -0.25) is 4.90 Å². The van der Waals surface area contributed by atoms with Crippen LogP contribution < -0.4 is 15.4 Å². The fourth-order valence-electron chi connectivity index (χ4n) is 2.31. The van der Waals surface area contributed by atoms with E-state index in [-0.39, 0.29) is 0 Å². The number of piperazine rings is 1. The summed E-state index contributed by atoms with van der Waals surface area (Å²) in [6, 6.07) is 3.79. The van der Waals surface area contributed by atoms with Crippen LogP contribution in [0.1, 0.15) is 5.56 Å². The molecule has 6 heteroatoms. The first-order valence-corrected chi connectivity index (χ1v) is 7.62. The highest BCUT2D eigenvalue weighted by Gasteiger charge is 2.10. The molecule has 0 amide bonds. The second kappa shape index (κ2) is 8.05. The molecule has 1 aliphatic rings. The average molecular weight is 318 g/mol. The van der Waals surface area contributed by atoms with E-state index in [0.29, 0.717) is 15.8 Å². The van der Waals surface area contributed by atoms with E-state index in [1.165, 1.54) is 0 Å². The van der Waals surface area contributed by atoms with E-state index >= 15 is 0 Å². The summed E-state index contributed by atoms with van der Waals surface area (Å²) in [6.45, 7) is 7.22. The van der Waals surface area contributed by atoms with E-state index in [4.69, 9.17) is 27.9 Å². The van der Waals surface area contributed by atoms with Gasteiger partial charge in [0.05, 0.1) is 17.2 Å². The first kappa shape index (κ1) is 15.9. The molecule has 1 fully saturated rings. The summed E-state index contributed by atoms with van der Waals surface area (Å²) in [5.74, 6) is 0.540. The molecule has 112 valence electrons. The molecule has 0 radical (unpaired) electrons. The summed E-state index contributed by atoms with van der Waals surface area (Å²) in [5.41, 5.74) is 1.07. The van der Waals surface area contributed by atoms with Gasteiger partial charge in [-0.1, -0.05) is 23.2 Å². The van der Waals surface area contributed by atoms with Crippen LogP contribution in [0.3, 0.4) is 0 Å². The Hall–Kier alpha value is -0.520. The zero-order valence-corrected chi connectivity index (χ0v) is 13.2. The van der Waals surface area contributed by atoms with Gasteiger partial charge in [0.2, 0.25) is 0 Å². The number of nitrogens with one attached hydrogen (secondary N) is 2. The maximum atomic E-state index is 6.12. The Labute approximate surface area is 130 Å². The summed E-state index contributed by atoms with van der Waals surface area (Å²) in [7, 11) is 1.57. The highest BCUT2D eigenvalue weighted by Crippen LogP contribution is 2.33. The summed E-state index contributed by atoms with van der Waals surface area (Å²) in [6.07, 6.45) is 0. The standard InChI is InChI=1S/C14H21Cl2N3O/c1-20-14-12(15)8-11(9-13(14)16)10-18-4-7-19-5-2-17-3-6-19/h8-9,17-18H,2-7,10H2,1H3. The van der Waals surface area contributed by atoms with E-state index in [0.717, 1.165) is 51.4 Å². The monoisotopic (exact) mass is 317 g/mol. The topological polar surface area (TPSA) is 36.5 Å². The maximum absolute atomic E-state index is 6.12. The zero-order chi connectivity index (χ0) is 14.4. The third kappa shape index (κ3) is 4.50. The van der Waals surface area contributed by atoms with Crippen molar-refractivity contribution in [2.24, 2.45) is 0 Å². The molecule has 0 unspecified atom stereocenters. The number of methoxy groups -OCH3 is 1. The van der Waals surface area contributed by atoms with E-state index in [9.17, 15) is 0 Å². The number of benzene rings is 1. The van der Waals surface area contributed by atoms with Crippen LogP contribution in [-0.2, 0) is 6.54 Å². The molecule has 1 saturated heterocycles. The molecular formula is C14H21Cl2N3O. The molecule has 2 N–H and O–H groups in total. The third-order valence-electron chi connectivity index (χ3n) is 3.41. The molecular weight excluding hydrogens is 297 g/mol. The minimum absolute atomic E-state index is 0.540. The van der Waals surface area contributed by atoms with Gasteiger partial charge in [-0.25, -0.2) is 0 Å². The molecule has 0 bridgehead atoms. The van der Waals surface area contributed by atoms with Crippen molar-refractivity contribution >= 4 is 23.2 Å². The third-order valence-corrected chi connectivity index (χ3v) is 3.97. The largest absolute Gasteiger partial charge is 0.494 e. The van der Waals surface area contributed by atoms with Crippen molar-refractivity contribution in [1.82, 2.24) is 15.5 Å². The van der Waals surface area contributed by atoms with Crippen molar-refractivity contribution < 1.29 is 4.74 Å². The molecule has 4 nitrogen and oxygen atoms in total. The predicted octanol–water partition coefficient (Wildman–Crippen LogP) is 2.00. The van der Waals surface area contributed by atoms with Gasteiger partial charge < -0.3 is 15.4 Å². The van der Waals surface area contributed by atoms with Crippen molar-refractivity contribution in [2.45, 2.75) is 6.54 Å². The van der Waals surface area contributed by atoms with Crippen LogP contribution in [0.15, 0.2) is 12.1 Å². The highest BCUT2D eigenvalue weighted by atomic mass is 35.5. The molecule has 0 saturated carbocycles. The SMILES string of the molecule is COc1c(Cl)cc(CNCCN2CCNCC2)cc1Cl. The summed E-state index contributed by atoms with van der Waals surface area (Å²) >= 11 is 12.2. The molecule has 2 rings (SSSR count). The minimum atomic E-state index is 0.540. The summed E-state index contributed by atoms with van der Waals surface area (Å²) in [5, 5.41) is 7.88. The van der Waals surface area contributed by atoms with Gasteiger partial charge in [0.1, 0.15) is 0 Å². The first-order valence-electron chi connectivity index (χ1n) is 6.86. The van der Waals surface area contributed by atoms with E-state index in [2.05, 4.69) is 15.5 Å². The van der Waals surface area contributed by atoms with Crippen molar-refractivity contribution in [2.75, 3.05) is 46.4 Å². The number of hydrogen-bond acceptors (Lipinski definition) is 4. The molecule has 0 atom stereocenters. The summed E-state index contributed by atoms with van der Waals surface area (Å²) < 4.78 is 5.14. The predicted molar refractivity (Wildman–Crippen MR) is 84.0 cm³/mol. The number of ether oxygens (including phenoxy) is 1. The van der Waals surface area contributed by atoms with E-state index < -0.39 is 0 Å². The van der Waals surface area contributed by atoms with Crippen molar-refractivity contribution in [1.29, 1.82) is 0 Å². The van der Waals surface area contributed by atoms with Crippen molar-refractivity contribution in [3.8, 4) is 5.75 Å². The van der Waals surface area contributed by atoms with Crippen LogP contribution in [0, 0.1) is 0 Å². The lowest BCUT2D eigenvalue weighted by atomic mass is 10.2. The lowest BCUT2D eigenvalue weighted by Crippen LogP contribution is -2.45. The van der Waals surface area contributed by atoms with Gasteiger partial charge in [0, 0.05) is 45.8 Å². The Kier molecular flexibility index (Phi) is 6.39. The fourth-order valence-corrected chi connectivity index (χ4v) is 3.00. The Morgan fingerprint density at radius 2 is 1.90 bits per heavy atom. The molecule has 0 spiro atoms. The Bertz CT molecular complexity index is 413. The van der Waals surface area contributed by atoms with E-state index in [1.807, 2.05) is 12.1 Å². The van der Waals surface area contributed by atoms with Crippen LogP contribution >= 0.6 is 23.2 Å². The molecule has 1 heterocycles. The summed E-state index contributed by atoms with van der Waals surface area (Å²) in [4.78, 5) is 2.46. The maximum Gasteiger partial charge on any atom is 0.156 e. The molecule has 1 aromatic rings. The second-order valence-electron chi connectivity index (χ2n) is 4.86. The zero-order valence-electron chi connectivity index (χ0n) is 11.7. The van der Waals surface area contributed by atoms with Gasteiger partial charge in [-0.15, -0.1) is 0 Å². The number of hydrogen-bond donors (Lipinski definition) is 2. The van der Waals surface area contributed by atoms with E-state index in [1.54, 1.807) is 7.11 Å². The van der Waals surface area contributed by atoms with Crippen LogP contribution in [-0.4, -0.2) is 51.3 Å². The molecule has 1 aliphatic heterocycles. The van der Waals surface area contributed by atoms with Crippen LogP contribution in [0.5, 0.6) is 5.75 Å². The molecule has 0 aliphatic carbocycles. The van der Waals surface area contributed by atoms with Crippen LogP contribution in [0.25, 0.3) is 0 Å². The second-order valence-corrected chi connectivity index (χ2v) is 5.68. The smallest absolute Gasteiger partial charge is 0.156 e. The Morgan fingerprint density at radius 1 is 1.25 bits per heavy atom. The number of rotatable bonds is 6. The van der Waals surface area contributed by atoms with Crippen LogP contribution in [0.4, 0.5) is 0 Å². The minimum Gasteiger partial charge on any atom is -0.494 e. The lowest BCUT2D eigenvalue weighted by molar-refractivity contribution is 0.241. The quantitative estimate of drug-likeness (QED) is 0.787. The first-order chi connectivity index (χ1) is 9.70. The molecule has 20 heavy (non-hydrogen) atoms. The normalized spacial score (nSPS) is 16.4. The average Bonchev–Trinajstić information content (AvgIpc) is 2.44. The van der Waals surface area contributed by atoms with Gasteiger partial charge in [-0.05, 0) is 17.7 Å².